The number of likely N-dealkylation sites (N-methyl/N-ethyl adjacent to an activating group) is 1. The van der Waals surface area contributed by atoms with E-state index in [4.69, 9.17) is 0 Å². The number of carbonyl (C=O) groups is 1. The summed E-state index contributed by atoms with van der Waals surface area (Å²) in [5.41, 5.74) is 1.04. The van der Waals surface area contributed by atoms with Crippen molar-refractivity contribution in [3.63, 3.8) is 0 Å². The third kappa shape index (κ3) is 3.57. The van der Waals surface area contributed by atoms with Crippen molar-refractivity contribution in [2.24, 2.45) is 7.05 Å². The van der Waals surface area contributed by atoms with Crippen molar-refractivity contribution in [3.8, 4) is 0 Å². The molecule has 1 rings (SSSR count). The first kappa shape index (κ1) is 10.7. The van der Waals surface area contributed by atoms with Crippen LogP contribution in [0.1, 0.15) is 5.69 Å². The number of aromatic nitrogens is 2. The van der Waals surface area contributed by atoms with Crippen LogP contribution in [0, 0.1) is 0 Å². The van der Waals surface area contributed by atoms with E-state index in [1.54, 1.807) is 11.7 Å². The van der Waals surface area contributed by atoms with E-state index < -0.39 is 0 Å². The number of rotatable bonds is 5. The zero-order valence-electron chi connectivity index (χ0n) is 8.58. The number of amides is 1. The van der Waals surface area contributed by atoms with Gasteiger partial charge in [-0.05, 0) is 6.07 Å². The van der Waals surface area contributed by atoms with Gasteiger partial charge in [-0.1, -0.05) is 0 Å². The SMILES string of the molecule is CNC(=O)CNCCc1ccn(C)n1. The van der Waals surface area contributed by atoms with Crippen molar-refractivity contribution in [2.45, 2.75) is 6.42 Å². The molecule has 0 aliphatic rings. The minimum Gasteiger partial charge on any atom is -0.358 e. The molecule has 0 bridgehead atoms. The molecule has 0 fully saturated rings. The Morgan fingerprint density at radius 2 is 2.43 bits per heavy atom. The summed E-state index contributed by atoms with van der Waals surface area (Å²) in [5, 5.41) is 9.80. The summed E-state index contributed by atoms with van der Waals surface area (Å²) in [4.78, 5) is 10.8. The van der Waals surface area contributed by atoms with Gasteiger partial charge in [0.1, 0.15) is 0 Å². The van der Waals surface area contributed by atoms with Gasteiger partial charge in [0.25, 0.3) is 0 Å². The number of hydrogen-bond donors (Lipinski definition) is 2. The molecule has 1 amide bonds. The Kier molecular flexibility index (Phi) is 4.12. The molecule has 5 heteroatoms. The van der Waals surface area contributed by atoms with Gasteiger partial charge in [0.05, 0.1) is 12.2 Å². The monoisotopic (exact) mass is 196 g/mol. The van der Waals surface area contributed by atoms with Crippen LogP contribution >= 0.6 is 0 Å². The molecule has 0 aromatic carbocycles. The van der Waals surface area contributed by atoms with Gasteiger partial charge in [-0.15, -0.1) is 0 Å². The van der Waals surface area contributed by atoms with Gasteiger partial charge in [0.2, 0.25) is 5.91 Å². The largest absolute Gasteiger partial charge is 0.358 e. The van der Waals surface area contributed by atoms with Crippen molar-refractivity contribution in [1.29, 1.82) is 0 Å². The molecule has 1 aromatic heterocycles. The van der Waals surface area contributed by atoms with Gasteiger partial charge >= 0.3 is 0 Å². The normalized spacial score (nSPS) is 10.1. The molecule has 0 aliphatic carbocycles. The lowest BCUT2D eigenvalue weighted by Gasteiger charge is -2.01. The molecule has 78 valence electrons. The van der Waals surface area contributed by atoms with E-state index in [9.17, 15) is 4.79 Å². The van der Waals surface area contributed by atoms with Gasteiger partial charge in [-0.2, -0.15) is 5.10 Å². The fourth-order valence-electron chi connectivity index (χ4n) is 1.10. The minimum atomic E-state index is 0.00557. The lowest BCUT2D eigenvalue weighted by atomic mass is 10.3. The maximum Gasteiger partial charge on any atom is 0.233 e. The summed E-state index contributed by atoms with van der Waals surface area (Å²) in [7, 11) is 3.52. The summed E-state index contributed by atoms with van der Waals surface area (Å²) in [6.07, 6.45) is 2.76. The van der Waals surface area contributed by atoms with Crippen LogP contribution in [0.5, 0.6) is 0 Å². The van der Waals surface area contributed by atoms with Crippen molar-refractivity contribution < 1.29 is 4.79 Å². The van der Waals surface area contributed by atoms with E-state index in [1.165, 1.54) is 0 Å². The fraction of sp³-hybridized carbons (Fsp3) is 0.556. The van der Waals surface area contributed by atoms with Crippen molar-refractivity contribution in [1.82, 2.24) is 20.4 Å². The highest BCUT2D eigenvalue weighted by Gasteiger charge is 1.98. The van der Waals surface area contributed by atoms with Crippen LogP contribution in [0.25, 0.3) is 0 Å². The van der Waals surface area contributed by atoms with E-state index in [0.717, 1.165) is 18.7 Å². The number of hydrogen-bond acceptors (Lipinski definition) is 3. The van der Waals surface area contributed by atoms with E-state index in [0.29, 0.717) is 6.54 Å². The molecule has 0 radical (unpaired) electrons. The average molecular weight is 196 g/mol. The number of aryl methyl sites for hydroxylation is 1. The van der Waals surface area contributed by atoms with Crippen LogP contribution < -0.4 is 10.6 Å². The minimum absolute atomic E-state index is 0.00557. The van der Waals surface area contributed by atoms with Crippen LogP contribution in [-0.2, 0) is 18.3 Å². The van der Waals surface area contributed by atoms with E-state index >= 15 is 0 Å². The number of nitrogens with one attached hydrogen (secondary N) is 2. The summed E-state index contributed by atoms with van der Waals surface area (Å²) >= 11 is 0. The Morgan fingerprint density at radius 1 is 1.64 bits per heavy atom. The Bertz CT molecular complexity index is 295. The second-order valence-corrected chi connectivity index (χ2v) is 3.08. The third-order valence-corrected chi connectivity index (χ3v) is 1.89. The summed E-state index contributed by atoms with van der Waals surface area (Å²) < 4.78 is 1.77. The molecular formula is C9H16N4O. The molecule has 0 saturated carbocycles. The zero-order chi connectivity index (χ0) is 10.4. The highest BCUT2D eigenvalue weighted by atomic mass is 16.1. The number of nitrogens with zero attached hydrogens (tertiary/aromatic N) is 2. The van der Waals surface area contributed by atoms with Crippen molar-refractivity contribution >= 4 is 5.91 Å². The van der Waals surface area contributed by atoms with Crippen LogP contribution in [0.2, 0.25) is 0 Å². The molecule has 2 N–H and O–H groups in total. The molecule has 1 aromatic rings. The smallest absolute Gasteiger partial charge is 0.233 e. The molecule has 0 spiro atoms. The molecular weight excluding hydrogens is 180 g/mol. The van der Waals surface area contributed by atoms with Gasteiger partial charge in [0, 0.05) is 33.3 Å². The topological polar surface area (TPSA) is 59.0 Å². The second-order valence-electron chi connectivity index (χ2n) is 3.08. The van der Waals surface area contributed by atoms with E-state index in [-0.39, 0.29) is 5.91 Å². The highest BCUT2D eigenvalue weighted by Crippen LogP contribution is 1.93. The van der Waals surface area contributed by atoms with Crippen molar-refractivity contribution in [3.05, 3.63) is 18.0 Å². The summed E-state index contributed by atoms with van der Waals surface area (Å²) in [5.74, 6) is 0.00557. The maximum atomic E-state index is 10.8. The first-order valence-corrected chi connectivity index (χ1v) is 4.62. The van der Waals surface area contributed by atoms with Crippen LogP contribution in [0.4, 0.5) is 0 Å². The van der Waals surface area contributed by atoms with Crippen LogP contribution in [0.3, 0.4) is 0 Å². The predicted molar refractivity (Wildman–Crippen MR) is 53.8 cm³/mol. The van der Waals surface area contributed by atoms with Gasteiger partial charge in [-0.25, -0.2) is 0 Å². The number of carbonyl (C=O) groups excluding carboxylic acids is 1. The fourth-order valence-corrected chi connectivity index (χ4v) is 1.10. The lowest BCUT2D eigenvalue weighted by Crippen LogP contribution is -2.32. The van der Waals surface area contributed by atoms with Gasteiger partial charge in [0.15, 0.2) is 0 Å². The Balaban J connectivity index is 2.13. The first-order chi connectivity index (χ1) is 6.72. The zero-order valence-corrected chi connectivity index (χ0v) is 8.58. The van der Waals surface area contributed by atoms with Crippen molar-refractivity contribution in [2.75, 3.05) is 20.1 Å². The summed E-state index contributed by atoms with van der Waals surface area (Å²) in [6.45, 7) is 1.13. The Labute approximate surface area is 83.5 Å². The van der Waals surface area contributed by atoms with Crippen LogP contribution in [-0.4, -0.2) is 35.8 Å². The Morgan fingerprint density at radius 3 is 3.00 bits per heavy atom. The average Bonchev–Trinajstić information content (AvgIpc) is 2.58. The summed E-state index contributed by atoms with van der Waals surface area (Å²) in [6, 6.07) is 1.97. The van der Waals surface area contributed by atoms with Gasteiger partial charge in [-0.3, -0.25) is 9.48 Å². The standard InChI is InChI=1S/C9H16N4O/c1-10-9(14)7-11-5-3-8-4-6-13(2)12-8/h4,6,11H,3,5,7H2,1-2H3,(H,10,14). The third-order valence-electron chi connectivity index (χ3n) is 1.89. The molecule has 0 unspecified atom stereocenters. The Hall–Kier alpha value is -1.36. The molecule has 0 saturated heterocycles. The quantitative estimate of drug-likeness (QED) is 0.612. The van der Waals surface area contributed by atoms with Crippen LogP contribution in [0.15, 0.2) is 12.3 Å². The first-order valence-electron chi connectivity index (χ1n) is 4.62. The molecule has 5 nitrogen and oxygen atoms in total. The predicted octanol–water partition coefficient (Wildman–Crippen LogP) is -0.702. The molecule has 1 heterocycles. The second kappa shape index (κ2) is 5.39. The molecule has 0 atom stereocenters. The molecule has 14 heavy (non-hydrogen) atoms. The highest BCUT2D eigenvalue weighted by molar-refractivity contribution is 5.77. The van der Waals surface area contributed by atoms with E-state index in [2.05, 4.69) is 15.7 Å². The lowest BCUT2D eigenvalue weighted by molar-refractivity contribution is -0.119. The van der Waals surface area contributed by atoms with Gasteiger partial charge < -0.3 is 10.6 Å². The molecule has 0 aliphatic heterocycles. The maximum absolute atomic E-state index is 10.8. The van der Waals surface area contributed by atoms with E-state index in [1.807, 2.05) is 19.3 Å².